The SMILES string of the molecule is Cn1ccnc1C(=O)N1CCCCCCn2c(nnc2-c2ccc(F)cc2)CC1. The topological polar surface area (TPSA) is 68.8 Å². The molecule has 1 aromatic carbocycles. The van der Waals surface area contributed by atoms with E-state index in [2.05, 4.69) is 19.7 Å². The standard InChI is InChI=1S/C21H25FN6O/c1-26-15-11-23-20(26)21(29)27-12-4-2-3-5-13-28-18(10-14-27)24-25-19(28)16-6-8-17(22)9-7-16/h6-9,11,15H,2-5,10,12-14H2,1H3. The van der Waals surface area contributed by atoms with Gasteiger partial charge in [-0.25, -0.2) is 9.37 Å². The first-order chi connectivity index (χ1) is 14.1. The Morgan fingerprint density at radius 3 is 2.48 bits per heavy atom. The summed E-state index contributed by atoms with van der Waals surface area (Å²) in [6, 6.07) is 6.34. The van der Waals surface area contributed by atoms with Crippen molar-refractivity contribution in [3.8, 4) is 11.4 Å². The normalized spacial score (nSPS) is 15.6. The third-order valence-electron chi connectivity index (χ3n) is 5.39. The molecule has 29 heavy (non-hydrogen) atoms. The van der Waals surface area contributed by atoms with Crippen LogP contribution in [-0.4, -0.2) is 48.2 Å². The maximum atomic E-state index is 13.3. The van der Waals surface area contributed by atoms with E-state index in [1.807, 2.05) is 11.9 Å². The summed E-state index contributed by atoms with van der Waals surface area (Å²) in [7, 11) is 1.83. The molecule has 1 aliphatic heterocycles. The molecule has 0 fully saturated rings. The van der Waals surface area contributed by atoms with Crippen molar-refractivity contribution in [1.82, 2.24) is 29.2 Å². The summed E-state index contributed by atoms with van der Waals surface area (Å²) in [5.74, 6) is 1.73. The van der Waals surface area contributed by atoms with E-state index in [0.29, 0.717) is 25.3 Å². The van der Waals surface area contributed by atoms with E-state index in [4.69, 9.17) is 0 Å². The first-order valence-electron chi connectivity index (χ1n) is 10.1. The number of aryl methyl sites for hydroxylation is 1. The summed E-state index contributed by atoms with van der Waals surface area (Å²) in [6.45, 7) is 2.10. The van der Waals surface area contributed by atoms with Crippen molar-refractivity contribution in [1.29, 1.82) is 0 Å². The molecule has 0 spiro atoms. The van der Waals surface area contributed by atoms with Crippen molar-refractivity contribution >= 4 is 5.91 Å². The molecule has 0 unspecified atom stereocenters. The van der Waals surface area contributed by atoms with E-state index in [0.717, 1.165) is 49.4 Å². The predicted octanol–water partition coefficient (Wildman–Crippen LogP) is 3.08. The van der Waals surface area contributed by atoms with Crippen LogP contribution >= 0.6 is 0 Å². The van der Waals surface area contributed by atoms with Crippen molar-refractivity contribution in [2.75, 3.05) is 13.1 Å². The third kappa shape index (κ3) is 4.21. The number of benzene rings is 1. The van der Waals surface area contributed by atoms with Gasteiger partial charge in [-0.2, -0.15) is 0 Å². The number of rotatable bonds is 2. The second-order valence-electron chi connectivity index (χ2n) is 7.42. The molecule has 1 amide bonds. The van der Waals surface area contributed by atoms with Crippen LogP contribution in [-0.2, 0) is 20.0 Å². The molecular weight excluding hydrogens is 371 g/mol. The number of hydrogen-bond donors (Lipinski definition) is 0. The van der Waals surface area contributed by atoms with Crippen LogP contribution in [0, 0.1) is 5.82 Å². The molecule has 0 saturated heterocycles. The fraction of sp³-hybridized carbons (Fsp3) is 0.429. The zero-order valence-electron chi connectivity index (χ0n) is 16.6. The minimum atomic E-state index is -0.269. The Labute approximate surface area is 169 Å². The molecule has 0 saturated carbocycles. The Balaban J connectivity index is 1.59. The number of amides is 1. The van der Waals surface area contributed by atoms with Gasteiger partial charge in [-0.1, -0.05) is 12.8 Å². The van der Waals surface area contributed by atoms with E-state index in [1.165, 1.54) is 12.1 Å². The summed E-state index contributed by atoms with van der Waals surface area (Å²) in [4.78, 5) is 19.0. The highest BCUT2D eigenvalue weighted by atomic mass is 19.1. The molecule has 0 radical (unpaired) electrons. The number of carbonyl (C=O) groups excluding carboxylic acids is 1. The van der Waals surface area contributed by atoms with Crippen LogP contribution < -0.4 is 0 Å². The Hall–Kier alpha value is -3.03. The summed E-state index contributed by atoms with van der Waals surface area (Å²) >= 11 is 0. The van der Waals surface area contributed by atoms with Crippen LogP contribution in [0.2, 0.25) is 0 Å². The predicted molar refractivity (Wildman–Crippen MR) is 107 cm³/mol. The molecule has 1 aliphatic rings. The fourth-order valence-electron chi connectivity index (χ4n) is 3.76. The highest BCUT2D eigenvalue weighted by Crippen LogP contribution is 2.21. The molecule has 7 nitrogen and oxygen atoms in total. The summed E-state index contributed by atoms with van der Waals surface area (Å²) < 4.78 is 17.2. The molecular formula is C21H25FN6O. The number of halogens is 1. The van der Waals surface area contributed by atoms with Gasteiger partial charge in [-0.05, 0) is 37.1 Å². The van der Waals surface area contributed by atoms with Gasteiger partial charge < -0.3 is 14.0 Å². The molecule has 3 aromatic rings. The lowest BCUT2D eigenvalue weighted by molar-refractivity contribution is 0.0738. The van der Waals surface area contributed by atoms with Crippen molar-refractivity contribution in [2.45, 2.75) is 38.6 Å². The van der Waals surface area contributed by atoms with Crippen LogP contribution in [0.5, 0.6) is 0 Å². The summed E-state index contributed by atoms with van der Waals surface area (Å²) in [5.41, 5.74) is 0.848. The lowest BCUT2D eigenvalue weighted by Crippen LogP contribution is -2.35. The fourth-order valence-corrected chi connectivity index (χ4v) is 3.76. The van der Waals surface area contributed by atoms with Crippen molar-refractivity contribution in [3.05, 3.63) is 54.1 Å². The van der Waals surface area contributed by atoms with Gasteiger partial charge in [-0.15, -0.1) is 10.2 Å². The minimum absolute atomic E-state index is 0.0541. The largest absolute Gasteiger partial charge is 0.336 e. The van der Waals surface area contributed by atoms with Crippen LogP contribution in [0.3, 0.4) is 0 Å². The molecule has 0 atom stereocenters. The molecule has 0 N–H and O–H groups in total. The van der Waals surface area contributed by atoms with Gasteiger partial charge in [0.05, 0.1) is 0 Å². The summed E-state index contributed by atoms with van der Waals surface area (Å²) in [5, 5.41) is 8.76. The first-order valence-corrected chi connectivity index (χ1v) is 10.1. The Bertz CT molecular complexity index is 977. The van der Waals surface area contributed by atoms with E-state index >= 15 is 0 Å². The van der Waals surface area contributed by atoms with Gasteiger partial charge >= 0.3 is 0 Å². The summed E-state index contributed by atoms with van der Waals surface area (Å²) in [6.07, 6.45) is 8.17. The molecule has 4 rings (SSSR count). The highest BCUT2D eigenvalue weighted by Gasteiger charge is 2.22. The Morgan fingerprint density at radius 1 is 1.00 bits per heavy atom. The second kappa shape index (κ2) is 8.55. The smallest absolute Gasteiger partial charge is 0.289 e. The van der Waals surface area contributed by atoms with Crippen LogP contribution in [0.4, 0.5) is 4.39 Å². The average Bonchev–Trinajstić information content (AvgIpc) is 3.32. The van der Waals surface area contributed by atoms with Gasteiger partial charge in [0.1, 0.15) is 11.6 Å². The van der Waals surface area contributed by atoms with Gasteiger partial charge in [0.2, 0.25) is 0 Å². The molecule has 152 valence electrons. The quantitative estimate of drug-likeness (QED) is 0.668. The van der Waals surface area contributed by atoms with Gasteiger partial charge in [0, 0.05) is 51.1 Å². The molecule has 0 bridgehead atoms. The number of hydrogen-bond acceptors (Lipinski definition) is 4. The highest BCUT2D eigenvalue weighted by molar-refractivity contribution is 5.90. The van der Waals surface area contributed by atoms with Crippen LogP contribution in [0.1, 0.15) is 42.1 Å². The van der Waals surface area contributed by atoms with E-state index < -0.39 is 0 Å². The number of nitrogens with zero attached hydrogens (tertiary/aromatic N) is 6. The van der Waals surface area contributed by atoms with E-state index in [-0.39, 0.29) is 11.7 Å². The third-order valence-corrected chi connectivity index (χ3v) is 5.39. The maximum Gasteiger partial charge on any atom is 0.289 e. The molecule has 8 heteroatoms. The minimum Gasteiger partial charge on any atom is -0.336 e. The zero-order valence-corrected chi connectivity index (χ0v) is 16.6. The Kier molecular flexibility index (Phi) is 5.69. The van der Waals surface area contributed by atoms with Crippen LogP contribution in [0.25, 0.3) is 11.4 Å². The molecule has 3 heterocycles. The van der Waals surface area contributed by atoms with Crippen molar-refractivity contribution in [2.24, 2.45) is 7.05 Å². The zero-order chi connectivity index (χ0) is 20.2. The van der Waals surface area contributed by atoms with E-state index in [9.17, 15) is 9.18 Å². The van der Waals surface area contributed by atoms with Gasteiger partial charge in [-0.3, -0.25) is 4.79 Å². The number of aromatic nitrogens is 5. The lowest BCUT2D eigenvalue weighted by atomic mass is 10.1. The molecule has 2 aromatic heterocycles. The number of fused-ring (bicyclic) bond motifs is 1. The monoisotopic (exact) mass is 396 g/mol. The van der Waals surface area contributed by atoms with Gasteiger partial charge in [0.15, 0.2) is 11.6 Å². The maximum absolute atomic E-state index is 13.3. The Morgan fingerprint density at radius 2 is 1.76 bits per heavy atom. The number of imidazole rings is 1. The van der Waals surface area contributed by atoms with Gasteiger partial charge in [0.25, 0.3) is 5.91 Å². The number of carbonyl (C=O) groups is 1. The average molecular weight is 396 g/mol. The second-order valence-corrected chi connectivity index (χ2v) is 7.42. The van der Waals surface area contributed by atoms with E-state index in [1.54, 1.807) is 29.1 Å². The van der Waals surface area contributed by atoms with Crippen molar-refractivity contribution in [3.63, 3.8) is 0 Å². The first kappa shape index (κ1) is 19.3. The lowest BCUT2D eigenvalue weighted by Gasteiger charge is -2.22. The van der Waals surface area contributed by atoms with Crippen molar-refractivity contribution < 1.29 is 9.18 Å². The van der Waals surface area contributed by atoms with Crippen LogP contribution in [0.15, 0.2) is 36.7 Å². The molecule has 0 aliphatic carbocycles.